The molecular formula is C14H21BrClNO2. The molecule has 0 aromatic heterocycles. The molecule has 1 aromatic carbocycles. The highest BCUT2D eigenvalue weighted by Gasteiger charge is 2.11. The van der Waals surface area contributed by atoms with Gasteiger partial charge in [0.1, 0.15) is 6.61 Å². The Morgan fingerprint density at radius 2 is 2.11 bits per heavy atom. The molecule has 19 heavy (non-hydrogen) atoms. The summed E-state index contributed by atoms with van der Waals surface area (Å²) >= 11 is 3.51. The second kappa shape index (κ2) is 9.23. The van der Waals surface area contributed by atoms with E-state index >= 15 is 0 Å². The summed E-state index contributed by atoms with van der Waals surface area (Å²) in [5.41, 5.74) is 1.15. The lowest BCUT2D eigenvalue weighted by Crippen LogP contribution is -2.21. The molecule has 0 fully saturated rings. The van der Waals surface area contributed by atoms with Crippen LogP contribution in [0.2, 0.25) is 0 Å². The molecule has 0 heterocycles. The van der Waals surface area contributed by atoms with Gasteiger partial charge in [-0.1, -0.05) is 26.5 Å². The molecule has 0 radical (unpaired) electrons. The monoisotopic (exact) mass is 349 g/mol. The highest BCUT2D eigenvalue weighted by Crippen LogP contribution is 2.36. The molecule has 1 rings (SSSR count). The zero-order chi connectivity index (χ0) is 13.5. The number of rotatable bonds is 7. The molecule has 108 valence electrons. The largest absolute Gasteiger partial charge is 0.493 e. The summed E-state index contributed by atoms with van der Waals surface area (Å²) in [7, 11) is 1.64. The Hall–Kier alpha value is -0.710. The molecule has 0 saturated heterocycles. The number of methoxy groups -OCH3 is 1. The van der Waals surface area contributed by atoms with Crippen LogP contribution in [0.5, 0.6) is 11.5 Å². The van der Waals surface area contributed by atoms with Gasteiger partial charge in [-0.3, -0.25) is 0 Å². The van der Waals surface area contributed by atoms with Gasteiger partial charge in [0, 0.05) is 12.6 Å². The normalized spacial score (nSPS) is 9.95. The smallest absolute Gasteiger partial charge is 0.175 e. The van der Waals surface area contributed by atoms with E-state index in [-0.39, 0.29) is 12.4 Å². The van der Waals surface area contributed by atoms with E-state index in [1.807, 2.05) is 12.1 Å². The van der Waals surface area contributed by atoms with Gasteiger partial charge in [0.15, 0.2) is 11.5 Å². The van der Waals surface area contributed by atoms with Crippen LogP contribution in [0.4, 0.5) is 0 Å². The van der Waals surface area contributed by atoms with Gasteiger partial charge in [-0.25, -0.2) is 0 Å². The average Bonchev–Trinajstić information content (AvgIpc) is 2.34. The number of halogens is 2. The zero-order valence-electron chi connectivity index (χ0n) is 11.5. The van der Waals surface area contributed by atoms with Gasteiger partial charge in [0.25, 0.3) is 0 Å². The van der Waals surface area contributed by atoms with Crippen molar-refractivity contribution >= 4 is 28.3 Å². The van der Waals surface area contributed by atoms with Crippen LogP contribution in [0.3, 0.4) is 0 Å². The van der Waals surface area contributed by atoms with Crippen LogP contribution >= 0.6 is 28.3 Å². The predicted molar refractivity (Wildman–Crippen MR) is 85.6 cm³/mol. The van der Waals surface area contributed by atoms with Crippen molar-refractivity contribution in [3.63, 3.8) is 0 Å². The summed E-state index contributed by atoms with van der Waals surface area (Å²) in [4.78, 5) is 0. The van der Waals surface area contributed by atoms with Gasteiger partial charge >= 0.3 is 0 Å². The second-order valence-corrected chi connectivity index (χ2v) is 5.10. The van der Waals surface area contributed by atoms with Crippen molar-refractivity contribution in [3.05, 3.63) is 34.8 Å². The average molecular weight is 351 g/mol. The molecule has 5 heteroatoms. The summed E-state index contributed by atoms with van der Waals surface area (Å²) in [6.45, 7) is 9.13. The van der Waals surface area contributed by atoms with Crippen molar-refractivity contribution in [3.8, 4) is 11.5 Å². The molecule has 0 spiro atoms. The number of nitrogens with one attached hydrogen (secondary N) is 1. The minimum absolute atomic E-state index is 0. The SMILES string of the molecule is C=CCOc1c(Br)cc(CNC(C)C)cc1OC.Cl. The molecule has 3 nitrogen and oxygen atoms in total. The highest BCUT2D eigenvalue weighted by atomic mass is 79.9. The van der Waals surface area contributed by atoms with E-state index in [2.05, 4.69) is 41.7 Å². The summed E-state index contributed by atoms with van der Waals surface area (Å²) in [6.07, 6.45) is 1.71. The fourth-order valence-electron chi connectivity index (χ4n) is 1.48. The molecule has 1 N–H and O–H groups in total. The van der Waals surface area contributed by atoms with Crippen LogP contribution in [0.15, 0.2) is 29.3 Å². The summed E-state index contributed by atoms with van der Waals surface area (Å²) < 4.78 is 11.8. The molecule has 0 aliphatic rings. The third kappa shape index (κ3) is 5.85. The van der Waals surface area contributed by atoms with E-state index < -0.39 is 0 Å². The van der Waals surface area contributed by atoms with Crippen LogP contribution in [0.25, 0.3) is 0 Å². The van der Waals surface area contributed by atoms with Crippen molar-refractivity contribution in [1.82, 2.24) is 5.32 Å². The van der Waals surface area contributed by atoms with E-state index in [0.29, 0.717) is 18.4 Å². The molecule has 0 amide bonds. The third-order valence-corrected chi connectivity index (χ3v) is 2.94. The van der Waals surface area contributed by atoms with E-state index in [1.54, 1.807) is 13.2 Å². The lowest BCUT2D eigenvalue weighted by atomic mass is 10.2. The maximum absolute atomic E-state index is 5.58. The molecular weight excluding hydrogens is 330 g/mol. The summed E-state index contributed by atoms with van der Waals surface area (Å²) in [5, 5.41) is 3.37. The first-order valence-electron chi connectivity index (χ1n) is 5.92. The van der Waals surface area contributed by atoms with Crippen LogP contribution in [-0.4, -0.2) is 19.8 Å². The Morgan fingerprint density at radius 3 is 2.63 bits per heavy atom. The van der Waals surface area contributed by atoms with Gasteiger partial charge in [0.05, 0.1) is 11.6 Å². The first kappa shape index (κ1) is 18.3. The molecule has 0 saturated carbocycles. The van der Waals surface area contributed by atoms with E-state index in [4.69, 9.17) is 9.47 Å². The molecule has 0 bridgehead atoms. The lowest BCUT2D eigenvalue weighted by Gasteiger charge is -2.14. The Bertz CT molecular complexity index is 411. The van der Waals surface area contributed by atoms with Gasteiger partial charge in [-0.05, 0) is 33.6 Å². The Balaban J connectivity index is 0.00000324. The Morgan fingerprint density at radius 1 is 1.42 bits per heavy atom. The number of ether oxygens (including phenoxy) is 2. The van der Waals surface area contributed by atoms with Crippen LogP contribution in [0.1, 0.15) is 19.4 Å². The Kier molecular flexibility index (Phi) is 8.89. The Labute approximate surface area is 129 Å². The van der Waals surface area contributed by atoms with Crippen molar-refractivity contribution in [2.24, 2.45) is 0 Å². The minimum atomic E-state index is 0. The quantitative estimate of drug-likeness (QED) is 0.756. The van der Waals surface area contributed by atoms with Gasteiger partial charge < -0.3 is 14.8 Å². The maximum atomic E-state index is 5.58. The number of benzene rings is 1. The fourth-order valence-corrected chi connectivity index (χ4v) is 2.08. The highest BCUT2D eigenvalue weighted by molar-refractivity contribution is 9.10. The van der Waals surface area contributed by atoms with Crippen LogP contribution in [0, 0.1) is 0 Å². The van der Waals surface area contributed by atoms with Gasteiger partial charge in [-0.15, -0.1) is 12.4 Å². The van der Waals surface area contributed by atoms with E-state index in [1.165, 1.54) is 0 Å². The summed E-state index contributed by atoms with van der Waals surface area (Å²) in [6, 6.07) is 4.47. The predicted octanol–water partition coefficient (Wildman–Crippen LogP) is 3.94. The topological polar surface area (TPSA) is 30.5 Å². The molecule has 0 atom stereocenters. The van der Waals surface area contributed by atoms with Crippen LogP contribution in [-0.2, 0) is 6.54 Å². The van der Waals surface area contributed by atoms with Crippen molar-refractivity contribution in [2.75, 3.05) is 13.7 Å². The fraction of sp³-hybridized carbons (Fsp3) is 0.429. The lowest BCUT2D eigenvalue weighted by molar-refractivity contribution is 0.324. The van der Waals surface area contributed by atoms with Gasteiger partial charge in [0.2, 0.25) is 0 Å². The molecule has 0 aliphatic heterocycles. The molecule has 0 aliphatic carbocycles. The second-order valence-electron chi connectivity index (χ2n) is 4.24. The van der Waals surface area contributed by atoms with Crippen molar-refractivity contribution in [2.45, 2.75) is 26.4 Å². The minimum Gasteiger partial charge on any atom is -0.493 e. The number of hydrogen-bond donors (Lipinski definition) is 1. The van der Waals surface area contributed by atoms with E-state index in [9.17, 15) is 0 Å². The molecule has 0 unspecified atom stereocenters. The third-order valence-electron chi connectivity index (χ3n) is 2.35. The number of hydrogen-bond acceptors (Lipinski definition) is 3. The van der Waals surface area contributed by atoms with Crippen molar-refractivity contribution < 1.29 is 9.47 Å². The van der Waals surface area contributed by atoms with E-state index in [0.717, 1.165) is 22.3 Å². The van der Waals surface area contributed by atoms with Crippen LogP contribution < -0.4 is 14.8 Å². The standard InChI is InChI=1S/C14H20BrNO2.ClH/c1-5-6-18-14-12(15)7-11(8-13(14)17-4)9-16-10(2)3;/h5,7-8,10,16H,1,6,9H2,2-4H3;1H. The van der Waals surface area contributed by atoms with Gasteiger partial charge in [-0.2, -0.15) is 0 Å². The first-order chi connectivity index (χ1) is 8.58. The maximum Gasteiger partial charge on any atom is 0.175 e. The first-order valence-corrected chi connectivity index (χ1v) is 6.71. The summed E-state index contributed by atoms with van der Waals surface area (Å²) in [5.74, 6) is 1.44. The molecule has 1 aromatic rings. The zero-order valence-corrected chi connectivity index (χ0v) is 13.9. The van der Waals surface area contributed by atoms with Crippen molar-refractivity contribution in [1.29, 1.82) is 0 Å².